The minimum atomic E-state index is -1.32. The van der Waals surface area contributed by atoms with E-state index in [-0.39, 0.29) is 13.0 Å². The lowest BCUT2D eigenvalue weighted by Crippen LogP contribution is -2.56. The summed E-state index contributed by atoms with van der Waals surface area (Å²) in [7, 11) is 1.23. The van der Waals surface area contributed by atoms with Crippen molar-refractivity contribution in [1.29, 1.82) is 0 Å². The first kappa shape index (κ1) is 24.9. The number of esters is 1. The number of aliphatic hydroxyl groups is 1. The SMILES string of the molecule is COC(=O)[C@@H](Cc1c(C)cccc1C)NC(=O)[C@@H](NC(=O)OCc1ccccc1)[C@@H](C)O. The van der Waals surface area contributed by atoms with Crippen LogP contribution >= 0.6 is 0 Å². The Bertz CT molecular complexity index is 909. The Morgan fingerprint density at radius 2 is 1.59 bits per heavy atom. The maximum atomic E-state index is 12.8. The second-order valence-electron chi connectivity index (χ2n) is 7.58. The number of amides is 2. The minimum absolute atomic E-state index is 0.0121. The first-order valence-electron chi connectivity index (χ1n) is 10.3. The van der Waals surface area contributed by atoms with E-state index in [9.17, 15) is 19.5 Å². The van der Waals surface area contributed by atoms with Crippen LogP contribution in [0, 0.1) is 13.8 Å². The van der Waals surface area contributed by atoms with E-state index < -0.39 is 36.2 Å². The van der Waals surface area contributed by atoms with Crippen molar-refractivity contribution in [3.05, 3.63) is 70.8 Å². The minimum Gasteiger partial charge on any atom is -0.467 e. The average molecular weight is 443 g/mol. The van der Waals surface area contributed by atoms with Gasteiger partial charge in [-0.3, -0.25) is 4.79 Å². The standard InChI is InChI=1S/C24H30N2O6/c1-15-9-8-10-16(2)19(15)13-20(23(29)31-4)25-22(28)21(17(3)27)26-24(30)32-14-18-11-6-5-7-12-18/h5-12,17,20-21,27H,13-14H2,1-4H3,(H,25,28)(H,26,30)/t17-,20-,21+/m1/s1. The number of carbonyl (C=O) groups is 3. The summed E-state index contributed by atoms with van der Waals surface area (Å²) in [5, 5.41) is 15.0. The van der Waals surface area contributed by atoms with Gasteiger partial charge in [0.25, 0.3) is 0 Å². The van der Waals surface area contributed by atoms with Crippen molar-refractivity contribution in [1.82, 2.24) is 10.6 Å². The van der Waals surface area contributed by atoms with Crippen LogP contribution in [0.4, 0.5) is 4.79 Å². The molecule has 0 aliphatic heterocycles. The van der Waals surface area contributed by atoms with Crippen molar-refractivity contribution in [2.45, 2.75) is 52.0 Å². The van der Waals surface area contributed by atoms with Crippen LogP contribution in [0.25, 0.3) is 0 Å². The van der Waals surface area contributed by atoms with Crippen LogP contribution in [-0.2, 0) is 32.1 Å². The highest BCUT2D eigenvalue weighted by molar-refractivity contribution is 5.90. The van der Waals surface area contributed by atoms with E-state index in [1.165, 1.54) is 14.0 Å². The van der Waals surface area contributed by atoms with E-state index in [1.54, 1.807) is 12.1 Å². The fourth-order valence-electron chi connectivity index (χ4n) is 3.27. The van der Waals surface area contributed by atoms with Crippen LogP contribution in [0.15, 0.2) is 48.5 Å². The highest BCUT2D eigenvalue weighted by Gasteiger charge is 2.31. The van der Waals surface area contributed by atoms with E-state index in [4.69, 9.17) is 9.47 Å². The van der Waals surface area contributed by atoms with Crippen molar-refractivity contribution in [2.75, 3.05) is 7.11 Å². The molecule has 0 unspecified atom stereocenters. The molecule has 0 aromatic heterocycles. The molecule has 2 amide bonds. The van der Waals surface area contributed by atoms with Crippen LogP contribution in [0.1, 0.15) is 29.2 Å². The van der Waals surface area contributed by atoms with Gasteiger partial charge >= 0.3 is 12.1 Å². The molecule has 0 heterocycles. The predicted octanol–water partition coefficient (Wildman–Crippen LogP) is 2.18. The number of methoxy groups -OCH3 is 1. The van der Waals surface area contributed by atoms with Gasteiger partial charge in [-0.25, -0.2) is 9.59 Å². The number of ether oxygens (including phenoxy) is 2. The lowest BCUT2D eigenvalue weighted by molar-refractivity contribution is -0.145. The molecule has 0 saturated carbocycles. The number of hydrogen-bond acceptors (Lipinski definition) is 6. The number of aryl methyl sites for hydroxylation is 2. The summed E-state index contributed by atoms with van der Waals surface area (Å²) in [6.07, 6.45) is -1.88. The molecule has 0 aliphatic rings. The largest absolute Gasteiger partial charge is 0.467 e. The number of rotatable bonds is 9. The maximum absolute atomic E-state index is 12.8. The number of nitrogens with one attached hydrogen (secondary N) is 2. The van der Waals surface area contributed by atoms with Gasteiger partial charge < -0.3 is 25.2 Å². The van der Waals surface area contributed by atoms with E-state index >= 15 is 0 Å². The van der Waals surface area contributed by atoms with Gasteiger partial charge in [0.2, 0.25) is 5.91 Å². The molecular weight excluding hydrogens is 412 g/mol. The van der Waals surface area contributed by atoms with Gasteiger partial charge in [-0.1, -0.05) is 48.5 Å². The number of hydrogen-bond donors (Lipinski definition) is 3. The van der Waals surface area contributed by atoms with E-state index in [0.29, 0.717) is 0 Å². The third-order valence-electron chi connectivity index (χ3n) is 5.11. The zero-order valence-electron chi connectivity index (χ0n) is 18.8. The Labute approximate surface area is 187 Å². The zero-order chi connectivity index (χ0) is 23.7. The predicted molar refractivity (Wildman–Crippen MR) is 119 cm³/mol. The number of benzene rings is 2. The lowest BCUT2D eigenvalue weighted by atomic mass is 9.96. The molecule has 8 nitrogen and oxygen atoms in total. The van der Waals surface area contributed by atoms with Gasteiger partial charge in [0.1, 0.15) is 18.7 Å². The smallest absolute Gasteiger partial charge is 0.408 e. The van der Waals surface area contributed by atoms with Crippen LogP contribution in [0.2, 0.25) is 0 Å². The average Bonchev–Trinajstić information content (AvgIpc) is 2.77. The summed E-state index contributed by atoms with van der Waals surface area (Å²) in [5.41, 5.74) is 3.64. The zero-order valence-corrected chi connectivity index (χ0v) is 18.8. The van der Waals surface area contributed by atoms with E-state index in [1.807, 2.05) is 50.2 Å². The summed E-state index contributed by atoms with van der Waals surface area (Å²) >= 11 is 0. The number of alkyl carbamates (subject to hydrolysis) is 1. The van der Waals surface area contributed by atoms with Gasteiger partial charge in [0.15, 0.2) is 0 Å². The molecule has 32 heavy (non-hydrogen) atoms. The normalized spacial score (nSPS) is 13.4. The molecule has 0 spiro atoms. The van der Waals surface area contributed by atoms with Crippen LogP contribution in [0.5, 0.6) is 0 Å². The van der Waals surface area contributed by atoms with Crippen molar-refractivity contribution < 1.29 is 29.0 Å². The summed E-state index contributed by atoms with van der Waals surface area (Å²) in [5.74, 6) is -1.35. The first-order valence-corrected chi connectivity index (χ1v) is 10.3. The van der Waals surface area contributed by atoms with Gasteiger partial charge in [-0.15, -0.1) is 0 Å². The highest BCUT2D eigenvalue weighted by Crippen LogP contribution is 2.16. The molecule has 8 heteroatoms. The molecule has 0 radical (unpaired) electrons. The molecule has 172 valence electrons. The molecule has 2 aromatic carbocycles. The summed E-state index contributed by atoms with van der Waals surface area (Å²) in [6, 6.07) is 12.5. The topological polar surface area (TPSA) is 114 Å². The van der Waals surface area contributed by atoms with Gasteiger partial charge in [0, 0.05) is 6.42 Å². The second kappa shape index (κ2) is 11.9. The number of carbonyl (C=O) groups excluding carboxylic acids is 3. The fourth-order valence-corrected chi connectivity index (χ4v) is 3.27. The van der Waals surface area contributed by atoms with Crippen LogP contribution in [0.3, 0.4) is 0 Å². The van der Waals surface area contributed by atoms with Gasteiger partial charge in [-0.05, 0) is 43.0 Å². The summed E-state index contributed by atoms with van der Waals surface area (Å²) < 4.78 is 9.97. The monoisotopic (exact) mass is 442 g/mol. The quantitative estimate of drug-likeness (QED) is 0.513. The molecule has 0 aliphatic carbocycles. The van der Waals surface area contributed by atoms with Crippen molar-refractivity contribution in [3.8, 4) is 0 Å². The third-order valence-corrected chi connectivity index (χ3v) is 5.11. The molecule has 3 N–H and O–H groups in total. The highest BCUT2D eigenvalue weighted by atomic mass is 16.5. The molecular formula is C24H30N2O6. The molecule has 2 rings (SSSR count). The molecule has 3 atom stereocenters. The Kier molecular flexibility index (Phi) is 9.22. The summed E-state index contributed by atoms with van der Waals surface area (Å²) in [4.78, 5) is 37.3. The van der Waals surface area contributed by atoms with Crippen molar-refractivity contribution in [2.24, 2.45) is 0 Å². The van der Waals surface area contributed by atoms with Crippen molar-refractivity contribution >= 4 is 18.0 Å². The van der Waals surface area contributed by atoms with E-state index in [0.717, 1.165) is 22.3 Å². The lowest BCUT2D eigenvalue weighted by Gasteiger charge is -2.24. The Balaban J connectivity index is 2.07. The molecule has 0 fully saturated rings. The van der Waals surface area contributed by atoms with Crippen LogP contribution in [-0.4, -0.2) is 48.4 Å². The molecule has 0 saturated heterocycles. The van der Waals surface area contributed by atoms with E-state index in [2.05, 4.69) is 10.6 Å². The third kappa shape index (κ3) is 7.09. The Morgan fingerprint density at radius 1 is 0.969 bits per heavy atom. The van der Waals surface area contributed by atoms with Gasteiger partial charge in [-0.2, -0.15) is 0 Å². The fraction of sp³-hybridized carbons (Fsp3) is 0.375. The maximum Gasteiger partial charge on any atom is 0.408 e. The number of aliphatic hydroxyl groups excluding tert-OH is 1. The Morgan fingerprint density at radius 3 is 2.16 bits per heavy atom. The Hall–Kier alpha value is -3.39. The second-order valence-corrected chi connectivity index (χ2v) is 7.58. The van der Waals surface area contributed by atoms with Gasteiger partial charge in [0.05, 0.1) is 13.2 Å². The van der Waals surface area contributed by atoms with Crippen molar-refractivity contribution in [3.63, 3.8) is 0 Å². The molecule has 2 aromatic rings. The summed E-state index contributed by atoms with van der Waals surface area (Å²) in [6.45, 7) is 5.21. The molecule has 0 bridgehead atoms. The first-order chi connectivity index (χ1) is 15.2. The van der Waals surface area contributed by atoms with Crippen LogP contribution < -0.4 is 10.6 Å².